The molecule has 1 rings (SSSR count). The van der Waals surface area contributed by atoms with Gasteiger partial charge in [0, 0.05) is 19.2 Å². The van der Waals surface area contributed by atoms with Crippen molar-refractivity contribution in [2.45, 2.75) is 6.42 Å². The fourth-order valence-corrected chi connectivity index (χ4v) is 2.20. The fourth-order valence-electron chi connectivity index (χ4n) is 1.61. The normalized spacial score (nSPS) is 11.2. The maximum atomic E-state index is 10.3. The summed E-state index contributed by atoms with van der Waals surface area (Å²) in [5.41, 5.74) is 1.21. The standard InChI is InChI=1S/C14H18BrNO3/c1-16(8-3-4-14(17)18)9-7-11-5-6-13(19-2)12(15)10-11/h3-6,10H,7-9H2,1-2H3,(H,17,18)/b4-3+. The molecule has 0 aromatic heterocycles. The Balaban J connectivity index is 2.43. The number of carboxylic acid groups (broad SMARTS) is 1. The molecule has 0 saturated heterocycles. The molecule has 19 heavy (non-hydrogen) atoms. The fraction of sp³-hybridized carbons (Fsp3) is 0.357. The Bertz CT molecular complexity index is 460. The van der Waals surface area contributed by atoms with E-state index in [1.807, 2.05) is 25.2 Å². The van der Waals surface area contributed by atoms with E-state index in [0.29, 0.717) is 6.54 Å². The molecule has 5 heteroatoms. The third kappa shape index (κ3) is 5.89. The van der Waals surface area contributed by atoms with Gasteiger partial charge < -0.3 is 14.7 Å². The second kappa shape index (κ2) is 7.96. The summed E-state index contributed by atoms with van der Waals surface area (Å²) in [5, 5.41) is 8.49. The summed E-state index contributed by atoms with van der Waals surface area (Å²) in [4.78, 5) is 12.4. The van der Waals surface area contributed by atoms with Crippen LogP contribution in [-0.2, 0) is 11.2 Å². The Morgan fingerprint density at radius 2 is 2.26 bits per heavy atom. The van der Waals surface area contributed by atoms with E-state index >= 15 is 0 Å². The first-order valence-corrected chi connectivity index (χ1v) is 6.72. The van der Waals surface area contributed by atoms with Crippen LogP contribution in [0.25, 0.3) is 0 Å². The summed E-state index contributed by atoms with van der Waals surface area (Å²) >= 11 is 3.46. The summed E-state index contributed by atoms with van der Waals surface area (Å²) in [6, 6.07) is 6.01. The maximum Gasteiger partial charge on any atom is 0.328 e. The average Bonchev–Trinajstić information content (AvgIpc) is 2.36. The smallest absolute Gasteiger partial charge is 0.328 e. The molecule has 1 aromatic rings. The average molecular weight is 328 g/mol. The number of carboxylic acids is 1. The van der Waals surface area contributed by atoms with Gasteiger partial charge in [-0.3, -0.25) is 0 Å². The first-order chi connectivity index (χ1) is 9.02. The van der Waals surface area contributed by atoms with E-state index in [2.05, 4.69) is 20.8 Å². The number of likely N-dealkylation sites (N-methyl/N-ethyl adjacent to an activating group) is 1. The Morgan fingerprint density at radius 1 is 1.53 bits per heavy atom. The van der Waals surface area contributed by atoms with Crippen LogP contribution in [0.1, 0.15) is 5.56 Å². The van der Waals surface area contributed by atoms with Crippen molar-refractivity contribution in [2.75, 3.05) is 27.2 Å². The van der Waals surface area contributed by atoms with Gasteiger partial charge in [-0.25, -0.2) is 4.79 Å². The number of methoxy groups -OCH3 is 1. The molecule has 1 N–H and O–H groups in total. The summed E-state index contributed by atoms with van der Waals surface area (Å²) in [6.07, 6.45) is 3.72. The van der Waals surface area contributed by atoms with E-state index in [0.717, 1.165) is 23.2 Å². The Labute approximate surface area is 121 Å². The zero-order valence-corrected chi connectivity index (χ0v) is 12.7. The molecule has 0 radical (unpaired) electrons. The van der Waals surface area contributed by atoms with Crippen LogP contribution < -0.4 is 4.74 Å². The first-order valence-electron chi connectivity index (χ1n) is 5.93. The van der Waals surface area contributed by atoms with Crippen molar-refractivity contribution in [1.82, 2.24) is 4.90 Å². The zero-order valence-electron chi connectivity index (χ0n) is 11.1. The van der Waals surface area contributed by atoms with Crippen molar-refractivity contribution < 1.29 is 14.6 Å². The summed E-state index contributed by atoms with van der Waals surface area (Å²) in [5.74, 6) is -0.0889. The number of ether oxygens (including phenoxy) is 1. The van der Waals surface area contributed by atoms with Gasteiger partial charge in [0.1, 0.15) is 5.75 Å². The van der Waals surface area contributed by atoms with Crippen LogP contribution in [0.4, 0.5) is 0 Å². The Morgan fingerprint density at radius 3 is 2.84 bits per heavy atom. The van der Waals surface area contributed by atoms with Gasteiger partial charge in [-0.2, -0.15) is 0 Å². The lowest BCUT2D eigenvalue weighted by atomic mass is 10.1. The van der Waals surface area contributed by atoms with Gasteiger partial charge in [0.15, 0.2) is 0 Å². The van der Waals surface area contributed by atoms with Gasteiger partial charge in [0.2, 0.25) is 0 Å². The topological polar surface area (TPSA) is 49.8 Å². The van der Waals surface area contributed by atoms with E-state index in [1.165, 1.54) is 11.6 Å². The summed E-state index contributed by atoms with van der Waals surface area (Å²) < 4.78 is 6.12. The lowest BCUT2D eigenvalue weighted by molar-refractivity contribution is -0.131. The molecule has 0 aliphatic heterocycles. The van der Waals surface area contributed by atoms with Gasteiger partial charge in [-0.05, 0) is 47.1 Å². The molecular formula is C14H18BrNO3. The van der Waals surface area contributed by atoms with E-state index in [1.54, 1.807) is 13.2 Å². The molecule has 0 amide bonds. The van der Waals surface area contributed by atoms with Crippen molar-refractivity contribution in [1.29, 1.82) is 0 Å². The highest BCUT2D eigenvalue weighted by Gasteiger charge is 2.03. The van der Waals surface area contributed by atoms with Gasteiger partial charge in [0.25, 0.3) is 0 Å². The van der Waals surface area contributed by atoms with Gasteiger partial charge in [-0.15, -0.1) is 0 Å². The molecular weight excluding hydrogens is 310 g/mol. The van der Waals surface area contributed by atoms with Gasteiger partial charge >= 0.3 is 5.97 Å². The van der Waals surface area contributed by atoms with Gasteiger partial charge in [0.05, 0.1) is 11.6 Å². The van der Waals surface area contributed by atoms with Crippen LogP contribution in [0.15, 0.2) is 34.8 Å². The highest BCUT2D eigenvalue weighted by molar-refractivity contribution is 9.10. The zero-order chi connectivity index (χ0) is 14.3. The maximum absolute atomic E-state index is 10.3. The predicted molar refractivity (Wildman–Crippen MR) is 78.7 cm³/mol. The first kappa shape index (κ1) is 15.7. The second-order valence-corrected chi connectivity index (χ2v) is 5.08. The number of hydrogen-bond donors (Lipinski definition) is 1. The number of nitrogens with zero attached hydrogens (tertiary/aromatic N) is 1. The molecule has 0 heterocycles. The highest BCUT2D eigenvalue weighted by Crippen LogP contribution is 2.25. The lowest BCUT2D eigenvalue weighted by Gasteiger charge is -2.14. The number of rotatable bonds is 7. The molecule has 104 valence electrons. The lowest BCUT2D eigenvalue weighted by Crippen LogP contribution is -2.21. The molecule has 4 nitrogen and oxygen atoms in total. The number of benzene rings is 1. The Kier molecular flexibility index (Phi) is 6.59. The Hall–Kier alpha value is -1.33. The third-order valence-electron chi connectivity index (χ3n) is 2.68. The molecule has 0 saturated carbocycles. The quantitative estimate of drug-likeness (QED) is 0.782. The minimum absolute atomic E-state index is 0.629. The molecule has 0 aliphatic rings. The summed E-state index contributed by atoms with van der Waals surface area (Å²) in [7, 11) is 3.60. The van der Waals surface area contributed by atoms with Crippen molar-refractivity contribution in [3.8, 4) is 5.75 Å². The van der Waals surface area contributed by atoms with Crippen molar-refractivity contribution in [2.24, 2.45) is 0 Å². The number of halogens is 1. The minimum atomic E-state index is -0.910. The van der Waals surface area contributed by atoms with Crippen LogP contribution in [0.2, 0.25) is 0 Å². The molecule has 0 unspecified atom stereocenters. The molecule has 0 atom stereocenters. The van der Waals surface area contributed by atoms with E-state index in [9.17, 15) is 4.79 Å². The van der Waals surface area contributed by atoms with E-state index in [-0.39, 0.29) is 0 Å². The molecule has 0 fully saturated rings. The largest absolute Gasteiger partial charge is 0.496 e. The van der Waals surface area contributed by atoms with Crippen molar-refractivity contribution in [3.63, 3.8) is 0 Å². The van der Waals surface area contributed by atoms with Crippen LogP contribution >= 0.6 is 15.9 Å². The number of aliphatic carboxylic acids is 1. The van der Waals surface area contributed by atoms with Crippen LogP contribution in [0, 0.1) is 0 Å². The summed E-state index contributed by atoms with van der Waals surface area (Å²) in [6.45, 7) is 1.49. The van der Waals surface area contributed by atoms with Crippen molar-refractivity contribution >= 4 is 21.9 Å². The van der Waals surface area contributed by atoms with E-state index < -0.39 is 5.97 Å². The second-order valence-electron chi connectivity index (χ2n) is 4.22. The van der Waals surface area contributed by atoms with Crippen LogP contribution in [0.3, 0.4) is 0 Å². The number of hydrogen-bond acceptors (Lipinski definition) is 3. The molecule has 0 bridgehead atoms. The highest BCUT2D eigenvalue weighted by atomic mass is 79.9. The molecule has 0 aliphatic carbocycles. The SMILES string of the molecule is COc1ccc(CCN(C)C/C=C/C(=O)O)cc1Br. The minimum Gasteiger partial charge on any atom is -0.496 e. The number of carbonyl (C=O) groups is 1. The van der Waals surface area contributed by atoms with Crippen molar-refractivity contribution in [3.05, 3.63) is 40.4 Å². The van der Waals surface area contributed by atoms with E-state index in [4.69, 9.17) is 9.84 Å². The molecule has 1 aromatic carbocycles. The third-order valence-corrected chi connectivity index (χ3v) is 3.30. The predicted octanol–water partition coefficient (Wildman–Crippen LogP) is 2.57. The van der Waals surface area contributed by atoms with Gasteiger partial charge in [-0.1, -0.05) is 12.1 Å². The monoisotopic (exact) mass is 327 g/mol. The molecule has 0 spiro atoms. The van der Waals surface area contributed by atoms with Crippen LogP contribution in [-0.4, -0.2) is 43.2 Å². The van der Waals surface area contributed by atoms with Crippen LogP contribution in [0.5, 0.6) is 5.75 Å².